The zero-order chi connectivity index (χ0) is 18.4. The van der Waals surface area contributed by atoms with Crippen LogP contribution < -0.4 is 0 Å². The molecule has 11 heteroatoms. The predicted molar refractivity (Wildman–Crippen MR) is 126 cm³/mol. The standard InChI is InChI=1S/C19H11ClFN5S.3ClH/c20-15-7-12(10-26-16(9-23-18(15)26)19-22-5-6-27-19)14-8-24-25-17(14)11-1-3-13(21)4-2-11;;;/h1-10H,(H,24,25);3*1H. The SMILES string of the molecule is Cl.Cl.Cl.Fc1ccc(-c2[nH]ncc2-c2cc(Cl)c3ncc(-c4nccs4)n3c2)cc1. The van der Waals surface area contributed by atoms with Crippen LogP contribution >= 0.6 is 60.2 Å². The number of aromatic amines is 1. The summed E-state index contributed by atoms with van der Waals surface area (Å²) >= 11 is 8.03. The maximum absolute atomic E-state index is 13.3. The maximum atomic E-state index is 13.3. The summed E-state index contributed by atoms with van der Waals surface area (Å²) < 4.78 is 15.2. The number of rotatable bonds is 3. The van der Waals surface area contributed by atoms with Crippen LogP contribution in [-0.4, -0.2) is 24.6 Å². The number of imidazole rings is 1. The van der Waals surface area contributed by atoms with E-state index in [0.29, 0.717) is 10.7 Å². The number of nitrogens with one attached hydrogen (secondary N) is 1. The normalized spacial score (nSPS) is 10.2. The fourth-order valence-corrected chi connectivity index (χ4v) is 3.94. The lowest BCUT2D eigenvalue weighted by molar-refractivity contribution is 0.628. The first-order chi connectivity index (χ1) is 13.2. The average molecular weight is 505 g/mol. The highest BCUT2D eigenvalue weighted by Crippen LogP contribution is 2.34. The van der Waals surface area contributed by atoms with Crippen molar-refractivity contribution in [2.45, 2.75) is 0 Å². The van der Waals surface area contributed by atoms with Crippen molar-refractivity contribution in [2.24, 2.45) is 0 Å². The maximum Gasteiger partial charge on any atom is 0.156 e. The Hall–Kier alpha value is -2.16. The molecule has 5 aromatic rings. The average Bonchev–Trinajstić information content (AvgIpc) is 3.42. The monoisotopic (exact) mass is 503 g/mol. The van der Waals surface area contributed by atoms with Gasteiger partial charge in [0, 0.05) is 34.5 Å². The Morgan fingerprint density at radius 1 is 1.00 bits per heavy atom. The molecule has 0 fully saturated rings. The van der Waals surface area contributed by atoms with Crippen LogP contribution in [0.5, 0.6) is 0 Å². The number of H-pyrrole nitrogens is 1. The van der Waals surface area contributed by atoms with Crippen molar-refractivity contribution in [1.29, 1.82) is 0 Å². The minimum Gasteiger partial charge on any atom is -0.296 e. The Labute approximate surface area is 198 Å². The van der Waals surface area contributed by atoms with Crippen molar-refractivity contribution in [3.05, 3.63) is 71.3 Å². The number of hydrogen-bond donors (Lipinski definition) is 1. The van der Waals surface area contributed by atoms with Crippen molar-refractivity contribution >= 4 is 65.8 Å². The molecule has 0 atom stereocenters. The van der Waals surface area contributed by atoms with Gasteiger partial charge in [-0.2, -0.15) is 5.10 Å². The molecule has 1 N–H and O–H groups in total. The molecule has 0 unspecified atom stereocenters. The highest BCUT2D eigenvalue weighted by atomic mass is 35.5. The lowest BCUT2D eigenvalue weighted by Crippen LogP contribution is -1.92. The molecule has 0 aliphatic rings. The van der Waals surface area contributed by atoms with E-state index in [-0.39, 0.29) is 43.0 Å². The van der Waals surface area contributed by atoms with Gasteiger partial charge in [0.2, 0.25) is 0 Å². The predicted octanol–water partition coefficient (Wildman–Crippen LogP) is 6.57. The van der Waals surface area contributed by atoms with Gasteiger partial charge in [-0.15, -0.1) is 48.6 Å². The Morgan fingerprint density at radius 2 is 1.77 bits per heavy atom. The number of nitrogens with zero attached hydrogens (tertiary/aromatic N) is 4. The van der Waals surface area contributed by atoms with Gasteiger partial charge in [-0.05, 0) is 30.3 Å². The Bertz CT molecular complexity index is 1250. The molecule has 5 rings (SSSR count). The summed E-state index contributed by atoms with van der Waals surface area (Å²) in [5, 5.41) is 10.5. The van der Waals surface area contributed by atoms with E-state index in [1.54, 1.807) is 30.7 Å². The van der Waals surface area contributed by atoms with E-state index in [0.717, 1.165) is 33.1 Å². The summed E-state index contributed by atoms with van der Waals surface area (Å²) in [5.74, 6) is -0.282. The van der Waals surface area contributed by atoms with Crippen LogP contribution in [0.3, 0.4) is 0 Å². The lowest BCUT2D eigenvalue weighted by atomic mass is 10.0. The molecule has 4 heterocycles. The molecule has 5 nitrogen and oxygen atoms in total. The number of fused-ring (bicyclic) bond motifs is 1. The molecular formula is C19H14Cl4FN5S. The summed E-state index contributed by atoms with van der Waals surface area (Å²) in [7, 11) is 0. The number of aromatic nitrogens is 5. The third-order valence-corrected chi connectivity index (χ3v) is 5.37. The van der Waals surface area contributed by atoms with Gasteiger partial charge in [0.1, 0.15) is 16.5 Å². The smallest absolute Gasteiger partial charge is 0.156 e. The van der Waals surface area contributed by atoms with E-state index in [4.69, 9.17) is 11.6 Å². The first-order valence-electron chi connectivity index (χ1n) is 8.07. The first kappa shape index (κ1) is 24.1. The molecule has 0 aliphatic carbocycles. The van der Waals surface area contributed by atoms with Crippen LogP contribution in [0.2, 0.25) is 5.02 Å². The number of hydrogen-bond acceptors (Lipinski definition) is 4. The molecule has 30 heavy (non-hydrogen) atoms. The van der Waals surface area contributed by atoms with Gasteiger partial charge in [-0.3, -0.25) is 9.50 Å². The fourth-order valence-electron chi connectivity index (χ4n) is 3.04. The molecule has 0 radical (unpaired) electrons. The summed E-state index contributed by atoms with van der Waals surface area (Å²) in [5.41, 5.74) is 4.90. The fraction of sp³-hybridized carbons (Fsp3) is 0. The quantitative estimate of drug-likeness (QED) is 0.302. The van der Waals surface area contributed by atoms with Crippen LogP contribution in [0.1, 0.15) is 0 Å². The van der Waals surface area contributed by atoms with Gasteiger partial charge in [-0.1, -0.05) is 11.6 Å². The largest absolute Gasteiger partial charge is 0.296 e. The summed E-state index contributed by atoms with van der Waals surface area (Å²) in [6.07, 6.45) is 7.21. The van der Waals surface area contributed by atoms with Crippen LogP contribution in [0.15, 0.2) is 60.5 Å². The first-order valence-corrected chi connectivity index (χ1v) is 9.32. The van der Waals surface area contributed by atoms with Crippen molar-refractivity contribution in [3.8, 4) is 33.1 Å². The molecule has 0 saturated carbocycles. The van der Waals surface area contributed by atoms with Gasteiger partial charge < -0.3 is 0 Å². The Morgan fingerprint density at radius 3 is 2.47 bits per heavy atom. The van der Waals surface area contributed by atoms with Crippen LogP contribution in [-0.2, 0) is 0 Å². The minimum atomic E-state index is -0.282. The lowest BCUT2D eigenvalue weighted by Gasteiger charge is -2.07. The van der Waals surface area contributed by atoms with Gasteiger partial charge in [0.25, 0.3) is 0 Å². The van der Waals surface area contributed by atoms with E-state index < -0.39 is 0 Å². The Balaban J connectivity index is 0.00000107. The molecule has 1 aromatic carbocycles. The van der Waals surface area contributed by atoms with E-state index in [2.05, 4.69) is 20.2 Å². The molecule has 156 valence electrons. The molecular weight excluding hydrogens is 491 g/mol. The van der Waals surface area contributed by atoms with E-state index >= 15 is 0 Å². The van der Waals surface area contributed by atoms with Crippen LogP contribution in [0.25, 0.3) is 38.7 Å². The van der Waals surface area contributed by atoms with Crippen molar-refractivity contribution in [2.75, 3.05) is 0 Å². The van der Waals surface area contributed by atoms with Gasteiger partial charge in [0.05, 0.1) is 23.1 Å². The second-order valence-electron chi connectivity index (χ2n) is 5.92. The topological polar surface area (TPSA) is 58.9 Å². The highest BCUT2D eigenvalue weighted by Gasteiger charge is 2.16. The molecule has 4 aromatic heterocycles. The van der Waals surface area contributed by atoms with Gasteiger partial charge in [-0.25, -0.2) is 14.4 Å². The second kappa shape index (κ2) is 9.76. The van der Waals surface area contributed by atoms with E-state index in [1.807, 2.05) is 22.0 Å². The van der Waals surface area contributed by atoms with Gasteiger partial charge in [0.15, 0.2) is 5.65 Å². The summed E-state index contributed by atoms with van der Waals surface area (Å²) in [4.78, 5) is 8.78. The van der Waals surface area contributed by atoms with E-state index in [9.17, 15) is 4.39 Å². The zero-order valence-electron chi connectivity index (χ0n) is 15.0. The number of halogens is 5. The van der Waals surface area contributed by atoms with Gasteiger partial charge >= 0.3 is 0 Å². The number of pyridine rings is 1. The summed E-state index contributed by atoms with van der Waals surface area (Å²) in [6, 6.07) is 8.13. The summed E-state index contributed by atoms with van der Waals surface area (Å²) in [6.45, 7) is 0. The van der Waals surface area contributed by atoms with Crippen LogP contribution in [0.4, 0.5) is 4.39 Å². The second-order valence-corrected chi connectivity index (χ2v) is 7.22. The molecule has 0 amide bonds. The zero-order valence-corrected chi connectivity index (χ0v) is 19.0. The van der Waals surface area contributed by atoms with Crippen molar-refractivity contribution in [1.82, 2.24) is 24.6 Å². The molecule has 0 spiro atoms. The third-order valence-electron chi connectivity index (χ3n) is 4.30. The van der Waals surface area contributed by atoms with E-state index in [1.165, 1.54) is 23.5 Å². The molecule has 0 bridgehead atoms. The van der Waals surface area contributed by atoms with Crippen molar-refractivity contribution in [3.63, 3.8) is 0 Å². The van der Waals surface area contributed by atoms with Crippen LogP contribution in [0, 0.1) is 5.82 Å². The molecule has 0 aliphatic heterocycles. The Kier molecular flexibility index (Phi) is 7.85. The number of benzene rings is 1. The minimum absolute atomic E-state index is 0. The highest BCUT2D eigenvalue weighted by molar-refractivity contribution is 7.13. The third kappa shape index (κ3) is 4.17. The van der Waals surface area contributed by atoms with Crippen molar-refractivity contribution < 1.29 is 4.39 Å². The number of thiazole rings is 1. The molecule has 0 saturated heterocycles.